The van der Waals surface area contributed by atoms with E-state index in [9.17, 15) is 0 Å². The number of rotatable bonds is 2. The quantitative estimate of drug-likeness (QED) is 0.644. The summed E-state index contributed by atoms with van der Waals surface area (Å²) in [6.07, 6.45) is 2.16. The molecule has 1 saturated heterocycles. The van der Waals surface area contributed by atoms with Crippen LogP contribution >= 0.6 is 0 Å². The van der Waals surface area contributed by atoms with E-state index < -0.39 is 0 Å². The highest BCUT2D eigenvalue weighted by Crippen LogP contribution is 2.44. The van der Waals surface area contributed by atoms with Crippen LogP contribution in [0, 0.1) is 17.2 Å². The van der Waals surface area contributed by atoms with Crippen molar-refractivity contribution in [1.82, 2.24) is 4.90 Å². The summed E-state index contributed by atoms with van der Waals surface area (Å²) >= 11 is 0. The first-order valence-electron chi connectivity index (χ1n) is 4.51. The smallest absolute Gasteiger partial charge is 0.109 e. The normalized spacial score (nSPS) is 30.4. The minimum absolute atomic E-state index is 0.198. The zero-order valence-corrected chi connectivity index (χ0v) is 7.32. The molecule has 1 atom stereocenters. The van der Waals surface area contributed by atoms with Crippen molar-refractivity contribution in [2.45, 2.75) is 31.4 Å². The maximum absolute atomic E-state index is 9.13. The lowest BCUT2D eigenvalue weighted by atomic mass is 9.91. The van der Waals surface area contributed by atoms with Crippen molar-refractivity contribution in [1.29, 1.82) is 5.26 Å². The molecule has 1 saturated carbocycles. The molecule has 3 heteroatoms. The van der Waals surface area contributed by atoms with Crippen LogP contribution in [0.15, 0.2) is 0 Å². The summed E-state index contributed by atoms with van der Waals surface area (Å²) < 4.78 is 0. The van der Waals surface area contributed by atoms with E-state index in [0.717, 1.165) is 0 Å². The number of hydrogen-bond donors (Lipinski definition) is 1. The lowest BCUT2D eigenvalue weighted by molar-refractivity contribution is -0.0489. The molecule has 2 fully saturated rings. The maximum atomic E-state index is 9.13. The van der Waals surface area contributed by atoms with Crippen molar-refractivity contribution in [2.24, 2.45) is 5.92 Å². The van der Waals surface area contributed by atoms with Crippen LogP contribution < -0.4 is 0 Å². The molecule has 0 amide bonds. The molecule has 3 nitrogen and oxygen atoms in total. The SMILES string of the molecule is C[C@](C#N)(C1CC1)N1CC(O)C1. The van der Waals surface area contributed by atoms with Gasteiger partial charge in [-0.3, -0.25) is 4.90 Å². The van der Waals surface area contributed by atoms with Crippen molar-refractivity contribution >= 4 is 0 Å². The van der Waals surface area contributed by atoms with Gasteiger partial charge in [0.1, 0.15) is 5.54 Å². The van der Waals surface area contributed by atoms with Crippen LogP contribution in [0.25, 0.3) is 0 Å². The fraction of sp³-hybridized carbons (Fsp3) is 0.889. The first kappa shape index (κ1) is 8.03. The lowest BCUT2D eigenvalue weighted by Crippen LogP contribution is -2.61. The van der Waals surface area contributed by atoms with Crippen LogP contribution in [0.2, 0.25) is 0 Å². The third-order valence-electron chi connectivity index (χ3n) is 3.12. The van der Waals surface area contributed by atoms with Gasteiger partial charge in [0.05, 0.1) is 12.2 Å². The van der Waals surface area contributed by atoms with Gasteiger partial charge >= 0.3 is 0 Å². The molecule has 1 heterocycles. The maximum Gasteiger partial charge on any atom is 0.109 e. The monoisotopic (exact) mass is 166 g/mol. The van der Waals surface area contributed by atoms with E-state index in [0.29, 0.717) is 19.0 Å². The zero-order valence-electron chi connectivity index (χ0n) is 7.32. The second-order valence-electron chi connectivity index (χ2n) is 4.09. The van der Waals surface area contributed by atoms with E-state index in [2.05, 4.69) is 11.0 Å². The van der Waals surface area contributed by atoms with E-state index in [1.165, 1.54) is 12.8 Å². The van der Waals surface area contributed by atoms with Gasteiger partial charge in [-0.1, -0.05) is 0 Å². The highest BCUT2D eigenvalue weighted by Gasteiger charge is 2.49. The number of nitriles is 1. The summed E-state index contributed by atoms with van der Waals surface area (Å²) in [5.74, 6) is 0.551. The predicted molar refractivity (Wildman–Crippen MR) is 44.3 cm³/mol. The van der Waals surface area contributed by atoms with Gasteiger partial charge in [0, 0.05) is 13.1 Å². The molecule has 2 rings (SSSR count). The summed E-state index contributed by atoms with van der Waals surface area (Å²) in [7, 11) is 0. The zero-order chi connectivity index (χ0) is 8.77. The Kier molecular flexibility index (Phi) is 1.64. The van der Waals surface area contributed by atoms with Crippen molar-refractivity contribution in [3.8, 4) is 6.07 Å². The molecule has 66 valence electrons. The van der Waals surface area contributed by atoms with Crippen LogP contribution in [0.4, 0.5) is 0 Å². The molecule has 2 aliphatic rings. The molecule has 0 aromatic carbocycles. The number of aliphatic hydroxyl groups excluding tert-OH is 1. The van der Waals surface area contributed by atoms with Gasteiger partial charge in [-0.05, 0) is 25.7 Å². The largest absolute Gasteiger partial charge is 0.390 e. The Bertz CT molecular complexity index is 225. The Morgan fingerprint density at radius 3 is 2.42 bits per heavy atom. The number of aliphatic hydroxyl groups is 1. The topological polar surface area (TPSA) is 47.3 Å². The van der Waals surface area contributed by atoms with E-state index in [1.54, 1.807) is 0 Å². The Labute approximate surface area is 72.6 Å². The average Bonchev–Trinajstić information content (AvgIpc) is 2.79. The molecule has 12 heavy (non-hydrogen) atoms. The highest BCUT2D eigenvalue weighted by atomic mass is 16.3. The fourth-order valence-electron chi connectivity index (χ4n) is 1.90. The Morgan fingerprint density at radius 2 is 2.08 bits per heavy atom. The summed E-state index contributed by atoms with van der Waals surface area (Å²) in [5.41, 5.74) is -0.292. The van der Waals surface area contributed by atoms with Gasteiger partial charge in [-0.15, -0.1) is 0 Å². The molecule has 1 aliphatic heterocycles. The van der Waals surface area contributed by atoms with Crippen LogP contribution in [0.3, 0.4) is 0 Å². The summed E-state index contributed by atoms with van der Waals surface area (Å²) in [6, 6.07) is 2.38. The van der Waals surface area contributed by atoms with Crippen LogP contribution in [0.5, 0.6) is 0 Å². The van der Waals surface area contributed by atoms with Gasteiger partial charge in [-0.25, -0.2) is 0 Å². The standard InChI is InChI=1S/C9H14N2O/c1-9(6-10,7-2-3-7)11-4-8(12)5-11/h7-8,12H,2-5H2,1H3/t9-/m0/s1. The van der Waals surface area contributed by atoms with E-state index in [-0.39, 0.29) is 11.6 Å². The lowest BCUT2D eigenvalue weighted by Gasteiger charge is -2.45. The first-order chi connectivity index (χ1) is 5.66. The van der Waals surface area contributed by atoms with Crippen molar-refractivity contribution in [2.75, 3.05) is 13.1 Å². The van der Waals surface area contributed by atoms with Gasteiger partial charge in [0.25, 0.3) is 0 Å². The van der Waals surface area contributed by atoms with Crippen molar-refractivity contribution in [3.63, 3.8) is 0 Å². The second kappa shape index (κ2) is 2.45. The predicted octanol–water partition coefficient (Wildman–Crippen LogP) is 0.355. The number of likely N-dealkylation sites (tertiary alicyclic amines) is 1. The van der Waals surface area contributed by atoms with Gasteiger partial charge in [0.15, 0.2) is 0 Å². The highest BCUT2D eigenvalue weighted by molar-refractivity contribution is 5.15. The molecule has 0 radical (unpaired) electrons. The van der Waals surface area contributed by atoms with Crippen LogP contribution in [-0.2, 0) is 0 Å². The summed E-state index contributed by atoms with van der Waals surface area (Å²) in [5, 5.41) is 18.2. The van der Waals surface area contributed by atoms with Gasteiger partial charge < -0.3 is 5.11 Å². The fourth-order valence-corrected chi connectivity index (χ4v) is 1.90. The van der Waals surface area contributed by atoms with E-state index >= 15 is 0 Å². The van der Waals surface area contributed by atoms with Crippen molar-refractivity contribution in [3.05, 3.63) is 0 Å². The minimum atomic E-state index is -0.292. The van der Waals surface area contributed by atoms with Gasteiger partial charge in [0.2, 0.25) is 0 Å². The number of nitrogens with zero attached hydrogens (tertiary/aromatic N) is 2. The Morgan fingerprint density at radius 1 is 1.50 bits per heavy atom. The summed E-state index contributed by atoms with van der Waals surface area (Å²) in [6.45, 7) is 3.36. The van der Waals surface area contributed by atoms with Crippen LogP contribution in [-0.4, -0.2) is 34.7 Å². The molecule has 1 aliphatic carbocycles. The minimum Gasteiger partial charge on any atom is -0.390 e. The summed E-state index contributed by atoms with van der Waals surface area (Å²) in [4.78, 5) is 2.09. The Hall–Kier alpha value is -0.590. The average molecular weight is 166 g/mol. The van der Waals surface area contributed by atoms with Crippen LogP contribution in [0.1, 0.15) is 19.8 Å². The molecular formula is C9H14N2O. The van der Waals surface area contributed by atoms with E-state index in [4.69, 9.17) is 10.4 Å². The molecular weight excluding hydrogens is 152 g/mol. The molecule has 1 N–H and O–H groups in total. The molecule has 0 aromatic heterocycles. The molecule has 0 bridgehead atoms. The third kappa shape index (κ3) is 1.03. The first-order valence-corrected chi connectivity index (χ1v) is 4.51. The van der Waals surface area contributed by atoms with E-state index in [1.807, 2.05) is 6.92 Å². The molecule has 0 aromatic rings. The Balaban J connectivity index is 2.03. The molecule has 0 spiro atoms. The third-order valence-corrected chi connectivity index (χ3v) is 3.12. The number of β-amino-alcohol motifs (C(OH)–C–C–N with tert-alkyl or cyclic N) is 1. The second-order valence-corrected chi connectivity index (χ2v) is 4.09. The molecule has 0 unspecified atom stereocenters. The van der Waals surface area contributed by atoms with Gasteiger partial charge in [-0.2, -0.15) is 5.26 Å². The number of hydrogen-bond acceptors (Lipinski definition) is 3. The van der Waals surface area contributed by atoms with Crippen molar-refractivity contribution < 1.29 is 5.11 Å².